The maximum atomic E-state index is 13.6. The van der Waals surface area contributed by atoms with Crippen LogP contribution in [-0.4, -0.2) is 50.8 Å². The average Bonchev–Trinajstić information content (AvgIpc) is 3.25. The highest BCUT2D eigenvalue weighted by Crippen LogP contribution is 2.33. The van der Waals surface area contributed by atoms with Crippen molar-refractivity contribution in [2.75, 3.05) is 19.4 Å². The van der Waals surface area contributed by atoms with E-state index in [-0.39, 0.29) is 11.7 Å². The number of fused-ring (bicyclic) bond motifs is 2. The summed E-state index contributed by atoms with van der Waals surface area (Å²) in [6.45, 7) is 2.18. The minimum atomic E-state index is -0.668. The molecule has 36 heavy (non-hydrogen) atoms. The fourth-order valence-electron chi connectivity index (χ4n) is 4.11. The van der Waals surface area contributed by atoms with E-state index in [1.807, 2.05) is 41.1 Å². The minimum Gasteiger partial charge on any atom is -0.480 e. The predicted molar refractivity (Wildman–Crippen MR) is 137 cm³/mol. The van der Waals surface area contributed by atoms with Gasteiger partial charge in [0.1, 0.15) is 23.7 Å². The van der Waals surface area contributed by atoms with Crippen molar-refractivity contribution in [3.05, 3.63) is 84.6 Å². The van der Waals surface area contributed by atoms with E-state index in [1.165, 1.54) is 23.4 Å². The molecule has 0 saturated carbocycles. The summed E-state index contributed by atoms with van der Waals surface area (Å²) in [5.74, 6) is 0.671. The van der Waals surface area contributed by atoms with Crippen LogP contribution in [0, 0.1) is 5.82 Å². The van der Waals surface area contributed by atoms with E-state index in [0.717, 1.165) is 22.2 Å². The zero-order valence-corrected chi connectivity index (χ0v) is 20.1. The fraction of sp³-hybridized carbons (Fsp3) is 0.185. The molecular weight excluding hydrogens is 459 g/mol. The van der Waals surface area contributed by atoms with Gasteiger partial charge in [-0.2, -0.15) is 5.10 Å². The van der Waals surface area contributed by atoms with Crippen molar-refractivity contribution in [1.82, 2.24) is 24.6 Å². The first-order valence-corrected chi connectivity index (χ1v) is 11.5. The molecule has 8 nitrogen and oxygen atoms in total. The third-order valence-electron chi connectivity index (χ3n) is 5.84. The Morgan fingerprint density at radius 3 is 2.75 bits per heavy atom. The fourth-order valence-corrected chi connectivity index (χ4v) is 4.11. The van der Waals surface area contributed by atoms with Gasteiger partial charge >= 0.3 is 0 Å². The number of ether oxygens (including phenoxy) is 1. The van der Waals surface area contributed by atoms with Gasteiger partial charge in [-0.15, -0.1) is 0 Å². The molecule has 182 valence electrons. The Balaban J connectivity index is 1.44. The first-order chi connectivity index (χ1) is 17.4. The molecule has 0 fully saturated rings. The average molecular weight is 485 g/mol. The lowest BCUT2D eigenvalue weighted by Gasteiger charge is -2.20. The van der Waals surface area contributed by atoms with Gasteiger partial charge in [-0.3, -0.25) is 9.48 Å². The molecule has 5 aromatic rings. The number of hydrogen-bond donors (Lipinski definition) is 1. The number of hydrogen-bond acceptors (Lipinski definition) is 6. The van der Waals surface area contributed by atoms with Crippen molar-refractivity contribution in [3.63, 3.8) is 0 Å². The standard InChI is InChI=1S/C27H25FN6O2/c1-17(27(35)33(2)3)36-24-9-5-8-22-25(24)26(30-16-29-22)32-21-10-11-23-19(13-21)14-31-34(23)15-18-6-4-7-20(28)12-18/h4-14,16-17H,15H2,1-3H3,(H,29,30,32)/t17-/m0/s1. The van der Waals surface area contributed by atoms with Crippen LogP contribution in [0.2, 0.25) is 0 Å². The van der Waals surface area contributed by atoms with Crippen molar-refractivity contribution in [1.29, 1.82) is 0 Å². The molecule has 5 rings (SSSR count). The summed E-state index contributed by atoms with van der Waals surface area (Å²) in [5.41, 5.74) is 3.26. The van der Waals surface area contributed by atoms with Crippen LogP contribution >= 0.6 is 0 Å². The van der Waals surface area contributed by atoms with Gasteiger partial charge in [0.2, 0.25) is 0 Å². The molecule has 0 radical (unpaired) electrons. The minimum absolute atomic E-state index is 0.140. The largest absolute Gasteiger partial charge is 0.480 e. The van der Waals surface area contributed by atoms with Gasteiger partial charge in [-0.05, 0) is 55.0 Å². The molecule has 0 aliphatic carbocycles. The van der Waals surface area contributed by atoms with Crippen molar-refractivity contribution < 1.29 is 13.9 Å². The summed E-state index contributed by atoms with van der Waals surface area (Å²) in [7, 11) is 3.38. The quantitative estimate of drug-likeness (QED) is 0.358. The second-order valence-electron chi connectivity index (χ2n) is 8.70. The van der Waals surface area contributed by atoms with E-state index in [4.69, 9.17) is 4.74 Å². The zero-order valence-electron chi connectivity index (χ0n) is 20.1. The summed E-state index contributed by atoms with van der Waals surface area (Å²) in [6.07, 6.45) is 2.60. The number of amides is 1. The maximum absolute atomic E-state index is 13.6. The Hall–Kier alpha value is -4.53. The summed E-state index contributed by atoms with van der Waals surface area (Å²) in [6, 6.07) is 17.9. The highest BCUT2D eigenvalue weighted by Gasteiger charge is 2.19. The molecule has 1 N–H and O–H groups in total. The number of carbonyl (C=O) groups is 1. The molecule has 9 heteroatoms. The van der Waals surface area contributed by atoms with Crippen LogP contribution in [0.5, 0.6) is 5.75 Å². The van der Waals surface area contributed by atoms with Gasteiger partial charge in [-0.1, -0.05) is 18.2 Å². The van der Waals surface area contributed by atoms with Gasteiger partial charge in [-0.25, -0.2) is 14.4 Å². The second kappa shape index (κ2) is 9.61. The highest BCUT2D eigenvalue weighted by molar-refractivity contribution is 5.96. The molecule has 3 aromatic carbocycles. The third kappa shape index (κ3) is 4.68. The summed E-state index contributed by atoms with van der Waals surface area (Å²) in [4.78, 5) is 22.7. The number of nitrogens with zero attached hydrogens (tertiary/aromatic N) is 5. The van der Waals surface area contributed by atoms with Crippen LogP contribution in [0.25, 0.3) is 21.8 Å². The van der Waals surface area contributed by atoms with E-state index < -0.39 is 6.10 Å². The van der Waals surface area contributed by atoms with Crippen molar-refractivity contribution in [3.8, 4) is 5.75 Å². The number of rotatable bonds is 7. The Morgan fingerprint density at radius 2 is 1.94 bits per heavy atom. The molecular formula is C27H25FN6O2. The monoisotopic (exact) mass is 484 g/mol. The van der Waals surface area contributed by atoms with Gasteiger partial charge in [0.25, 0.3) is 5.91 Å². The van der Waals surface area contributed by atoms with Crippen LogP contribution in [0.4, 0.5) is 15.9 Å². The van der Waals surface area contributed by atoms with Crippen LogP contribution in [0.15, 0.2) is 73.2 Å². The molecule has 0 unspecified atom stereocenters. The lowest BCUT2D eigenvalue weighted by molar-refractivity contribution is -0.135. The second-order valence-corrected chi connectivity index (χ2v) is 8.70. The van der Waals surface area contributed by atoms with Gasteiger partial charge < -0.3 is 15.0 Å². The number of carbonyl (C=O) groups excluding carboxylic acids is 1. The molecule has 0 aliphatic heterocycles. The van der Waals surface area contributed by atoms with Crippen LogP contribution in [0.3, 0.4) is 0 Å². The van der Waals surface area contributed by atoms with Gasteiger partial charge in [0.05, 0.1) is 29.2 Å². The summed E-state index contributed by atoms with van der Waals surface area (Å²) >= 11 is 0. The molecule has 0 spiro atoms. The number of aromatic nitrogens is 4. The zero-order chi connectivity index (χ0) is 25.2. The topological polar surface area (TPSA) is 85.2 Å². The lowest BCUT2D eigenvalue weighted by Crippen LogP contribution is -2.35. The maximum Gasteiger partial charge on any atom is 0.262 e. The smallest absolute Gasteiger partial charge is 0.262 e. The van der Waals surface area contributed by atoms with E-state index in [0.29, 0.717) is 29.0 Å². The molecule has 0 bridgehead atoms. The van der Waals surface area contributed by atoms with E-state index in [2.05, 4.69) is 20.4 Å². The van der Waals surface area contributed by atoms with Crippen molar-refractivity contribution in [2.45, 2.75) is 19.6 Å². The first kappa shape index (κ1) is 23.2. The molecule has 2 heterocycles. The van der Waals surface area contributed by atoms with Crippen LogP contribution in [0.1, 0.15) is 12.5 Å². The number of benzene rings is 3. The molecule has 2 aromatic heterocycles. The Bertz CT molecular complexity index is 1560. The van der Waals surface area contributed by atoms with Crippen LogP contribution < -0.4 is 10.1 Å². The molecule has 1 atom stereocenters. The number of nitrogens with one attached hydrogen (secondary N) is 1. The number of likely N-dealkylation sites (N-methyl/N-ethyl adjacent to an activating group) is 1. The first-order valence-electron chi connectivity index (χ1n) is 11.5. The van der Waals surface area contributed by atoms with E-state index in [1.54, 1.807) is 39.3 Å². The molecule has 0 saturated heterocycles. The van der Waals surface area contributed by atoms with E-state index in [9.17, 15) is 9.18 Å². The SMILES string of the molecule is C[C@H](Oc1cccc2ncnc(Nc3ccc4c(cnn4Cc4cccc(F)c4)c3)c12)C(=O)N(C)C. The van der Waals surface area contributed by atoms with Gasteiger partial charge in [0, 0.05) is 25.2 Å². The normalized spacial score (nSPS) is 12.0. The summed E-state index contributed by atoms with van der Waals surface area (Å²) in [5, 5.41) is 9.45. The summed E-state index contributed by atoms with van der Waals surface area (Å²) < 4.78 is 21.4. The van der Waals surface area contributed by atoms with Crippen molar-refractivity contribution >= 4 is 39.2 Å². The van der Waals surface area contributed by atoms with Crippen LogP contribution in [-0.2, 0) is 11.3 Å². The lowest BCUT2D eigenvalue weighted by atomic mass is 10.2. The Labute approximate surface area is 207 Å². The molecule has 0 aliphatic rings. The molecule has 1 amide bonds. The van der Waals surface area contributed by atoms with E-state index >= 15 is 0 Å². The Morgan fingerprint density at radius 1 is 1.11 bits per heavy atom. The van der Waals surface area contributed by atoms with Crippen molar-refractivity contribution in [2.24, 2.45) is 0 Å². The van der Waals surface area contributed by atoms with Gasteiger partial charge in [0.15, 0.2) is 6.10 Å². The highest BCUT2D eigenvalue weighted by atomic mass is 19.1. The Kier molecular flexibility index (Phi) is 6.20. The predicted octanol–water partition coefficient (Wildman–Crippen LogP) is 4.77. The number of anilines is 2. The third-order valence-corrected chi connectivity index (χ3v) is 5.84. The number of halogens is 1.